The van der Waals surface area contributed by atoms with Crippen molar-refractivity contribution < 1.29 is 18.0 Å². The Labute approximate surface area is 177 Å². The zero-order valence-electron chi connectivity index (χ0n) is 16.5. The maximum Gasteiger partial charge on any atom is 0.256 e. The number of nitriles is 1. The number of nitrogens with zero attached hydrogens (tertiary/aromatic N) is 4. The van der Waals surface area contributed by atoms with Gasteiger partial charge in [0, 0.05) is 32.3 Å². The van der Waals surface area contributed by atoms with Gasteiger partial charge in [-0.2, -0.15) is 10.2 Å². The second-order valence-corrected chi connectivity index (χ2v) is 6.96. The summed E-state index contributed by atoms with van der Waals surface area (Å²) in [6.45, 7) is 1.56. The molecule has 0 atom stereocenters. The topological polar surface area (TPSA) is 73.4 Å². The second-order valence-electron chi connectivity index (χ2n) is 6.96. The maximum absolute atomic E-state index is 13.9. The Morgan fingerprint density at radius 1 is 1.03 bits per heavy atom. The van der Waals surface area contributed by atoms with Crippen LogP contribution in [0.25, 0.3) is 12.2 Å². The highest BCUT2D eigenvalue weighted by Gasteiger charge is 2.27. The maximum atomic E-state index is 13.9. The van der Waals surface area contributed by atoms with E-state index in [2.05, 4.69) is 4.98 Å². The molecular weight excluding hydrogens is 402 g/mol. The lowest BCUT2D eigenvalue weighted by atomic mass is 10.1. The Balaban J connectivity index is 1.45. The highest BCUT2D eigenvalue weighted by atomic mass is 19.1. The van der Waals surface area contributed by atoms with E-state index in [-0.39, 0.29) is 28.9 Å². The molecule has 0 spiro atoms. The van der Waals surface area contributed by atoms with Crippen LogP contribution in [0, 0.1) is 23.0 Å². The number of hydrogen-bond donors (Lipinski definition) is 0. The van der Waals surface area contributed by atoms with Gasteiger partial charge in [0.15, 0.2) is 0 Å². The Morgan fingerprint density at radius 2 is 1.74 bits per heavy atom. The van der Waals surface area contributed by atoms with E-state index in [4.69, 9.17) is 4.42 Å². The Kier molecular flexibility index (Phi) is 5.76. The third-order valence-electron chi connectivity index (χ3n) is 4.98. The molecule has 2 heterocycles. The average molecular weight is 420 g/mol. The molecule has 1 saturated heterocycles. The Bertz CT molecular complexity index is 1160. The molecule has 1 amide bonds. The number of amides is 1. The van der Waals surface area contributed by atoms with Crippen molar-refractivity contribution in [2.75, 3.05) is 31.1 Å². The van der Waals surface area contributed by atoms with Gasteiger partial charge in [-0.15, -0.1) is 0 Å². The van der Waals surface area contributed by atoms with Gasteiger partial charge >= 0.3 is 0 Å². The fourth-order valence-corrected chi connectivity index (χ4v) is 3.35. The molecule has 0 aliphatic carbocycles. The minimum Gasteiger partial charge on any atom is -0.420 e. The summed E-state index contributed by atoms with van der Waals surface area (Å²) in [5.74, 6) is -0.650. The third kappa shape index (κ3) is 4.46. The first-order valence-electron chi connectivity index (χ1n) is 9.68. The van der Waals surface area contributed by atoms with Crippen LogP contribution in [0.5, 0.6) is 0 Å². The smallest absolute Gasteiger partial charge is 0.256 e. The van der Waals surface area contributed by atoms with Crippen LogP contribution in [0.4, 0.5) is 14.7 Å². The fourth-order valence-electron chi connectivity index (χ4n) is 3.35. The summed E-state index contributed by atoms with van der Waals surface area (Å²) in [7, 11) is 0. The summed E-state index contributed by atoms with van der Waals surface area (Å²) in [5.41, 5.74) is 0.953. The number of anilines is 1. The molecule has 0 unspecified atom stereocenters. The van der Waals surface area contributed by atoms with E-state index in [9.17, 15) is 18.8 Å². The number of rotatable bonds is 4. The molecule has 4 rings (SSSR count). The number of halogens is 2. The Morgan fingerprint density at radius 3 is 2.42 bits per heavy atom. The number of carbonyl (C=O) groups is 1. The van der Waals surface area contributed by atoms with Crippen LogP contribution < -0.4 is 4.90 Å². The lowest BCUT2D eigenvalue weighted by Crippen LogP contribution is -2.49. The first-order valence-corrected chi connectivity index (χ1v) is 9.68. The molecule has 1 aliphatic rings. The van der Waals surface area contributed by atoms with Gasteiger partial charge in [0.1, 0.15) is 17.7 Å². The molecule has 1 aromatic heterocycles. The van der Waals surface area contributed by atoms with Crippen LogP contribution in [-0.2, 0) is 0 Å². The van der Waals surface area contributed by atoms with Crippen molar-refractivity contribution in [1.82, 2.24) is 9.88 Å². The molecule has 0 N–H and O–H groups in total. The molecule has 156 valence electrons. The summed E-state index contributed by atoms with van der Waals surface area (Å²) < 4.78 is 32.7. The molecule has 31 heavy (non-hydrogen) atoms. The zero-order valence-corrected chi connectivity index (χ0v) is 16.5. The van der Waals surface area contributed by atoms with Gasteiger partial charge < -0.3 is 14.2 Å². The number of benzene rings is 2. The van der Waals surface area contributed by atoms with E-state index < -0.39 is 5.82 Å². The fraction of sp³-hybridized carbons (Fsp3) is 0.174. The van der Waals surface area contributed by atoms with E-state index in [0.29, 0.717) is 32.1 Å². The highest BCUT2D eigenvalue weighted by Crippen LogP contribution is 2.25. The highest BCUT2D eigenvalue weighted by molar-refractivity contribution is 5.94. The molecule has 0 radical (unpaired) electrons. The predicted octanol–water partition coefficient (Wildman–Crippen LogP) is 3.96. The van der Waals surface area contributed by atoms with Crippen molar-refractivity contribution in [3.8, 4) is 6.07 Å². The number of oxazole rings is 1. The SMILES string of the molecule is N#Cc1nc(C=Cc2ccc(F)cc2)oc1N1CCN(C(=O)c2ccccc2F)CC1. The minimum absolute atomic E-state index is 0.0431. The van der Waals surface area contributed by atoms with Crippen molar-refractivity contribution in [1.29, 1.82) is 5.26 Å². The molecular formula is C23H18F2N4O2. The molecule has 1 fully saturated rings. The van der Waals surface area contributed by atoms with Crippen molar-refractivity contribution >= 4 is 23.9 Å². The van der Waals surface area contributed by atoms with Gasteiger partial charge in [0.05, 0.1) is 5.56 Å². The molecule has 0 bridgehead atoms. The van der Waals surface area contributed by atoms with E-state index >= 15 is 0 Å². The predicted molar refractivity (Wildman–Crippen MR) is 111 cm³/mol. The molecule has 6 nitrogen and oxygen atoms in total. The van der Waals surface area contributed by atoms with E-state index in [1.807, 2.05) is 11.0 Å². The zero-order chi connectivity index (χ0) is 21.8. The first kappa shape index (κ1) is 20.3. The lowest BCUT2D eigenvalue weighted by molar-refractivity contribution is 0.0740. The second kappa shape index (κ2) is 8.79. The van der Waals surface area contributed by atoms with E-state index in [1.54, 1.807) is 41.3 Å². The number of hydrogen-bond acceptors (Lipinski definition) is 5. The number of aromatic nitrogens is 1. The molecule has 0 saturated carbocycles. The standard InChI is InChI=1S/C23H18F2N4O2/c24-17-8-5-16(6-9-17)7-10-21-27-20(15-26)23(31-21)29-13-11-28(12-14-29)22(30)18-3-1-2-4-19(18)25/h1-10H,11-14H2. The molecule has 2 aromatic carbocycles. The van der Waals surface area contributed by atoms with Gasteiger partial charge in [-0.3, -0.25) is 4.79 Å². The Hall–Kier alpha value is -3.99. The first-order chi connectivity index (χ1) is 15.0. The molecule has 3 aromatic rings. The average Bonchev–Trinajstić information content (AvgIpc) is 3.22. The summed E-state index contributed by atoms with van der Waals surface area (Å²) in [5, 5.41) is 9.43. The number of piperazine rings is 1. The van der Waals surface area contributed by atoms with Gasteiger partial charge in [0.2, 0.25) is 17.5 Å². The number of carbonyl (C=O) groups excluding carboxylic acids is 1. The molecule has 1 aliphatic heterocycles. The van der Waals surface area contributed by atoms with Crippen LogP contribution in [0.1, 0.15) is 27.5 Å². The van der Waals surface area contributed by atoms with E-state index in [0.717, 1.165) is 5.56 Å². The van der Waals surface area contributed by atoms with Crippen LogP contribution in [0.2, 0.25) is 0 Å². The minimum atomic E-state index is -0.547. The van der Waals surface area contributed by atoms with Gasteiger partial charge in [0.25, 0.3) is 5.91 Å². The summed E-state index contributed by atoms with van der Waals surface area (Å²) in [6.07, 6.45) is 3.32. The quantitative estimate of drug-likeness (QED) is 0.639. The van der Waals surface area contributed by atoms with Gasteiger partial charge in [-0.05, 0) is 35.9 Å². The van der Waals surface area contributed by atoms with Crippen molar-refractivity contribution in [3.05, 3.63) is 82.9 Å². The van der Waals surface area contributed by atoms with Crippen molar-refractivity contribution in [2.45, 2.75) is 0 Å². The van der Waals surface area contributed by atoms with Crippen LogP contribution in [0.15, 0.2) is 52.9 Å². The van der Waals surface area contributed by atoms with Crippen LogP contribution in [-0.4, -0.2) is 42.0 Å². The normalized spacial score (nSPS) is 14.1. The lowest BCUT2D eigenvalue weighted by Gasteiger charge is -2.34. The molecule has 8 heteroatoms. The van der Waals surface area contributed by atoms with Crippen molar-refractivity contribution in [2.24, 2.45) is 0 Å². The van der Waals surface area contributed by atoms with Crippen molar-refractivity contribution in [3.63, 3.8) is 0 Å². The third-order valence-corrected chi connectivity index (χ3v) is 4.98. The largest absolute Gasteiger partial charge is 0.420 e. The van der Waals surface area contributed by atoms with Gasteiger partial charge in [-0.1, -0.05) is 24.3 Å². The van der Waals surface area contributed by atoms with Crippen LogP contribution in [0.3, 0.4) is 0 Å². The monoisotopic (exact) mass is 420 g/mol. The van der Waals surface area contributed by atoms with E-state index in [1.165, 1.54) is 24.3 Å². The van der Waals surface area contributed by atoms with Crippen LogP contribution >= 0.6 is 0 Å². The summed E-state index contributed by atoms with van der Waals surface area (Å²) in [6, 6.07) is 13.9. The summed E-state index contributed by atoms with van der Waals surface area (Å²) >= 11 is 0. The van der Waals surface area contributed by atoms with Gasteiger partial charge in [-0.25, -0.2) is 8.78 Å². The summed E-state index contributed by atoms with van der Waals surface area (Å²) in [4.78, 5) is 20.2.